The largest absolute Gasteiger partial charge is 0.481 e. The molecule has 1 amide bonds. The maximum Gasteiger partial charge on any atom is 0.258 e. The van der Waals surface area contributed by atoms with Gasteiger partial charge in [0.25, 0.3) is 5.91 Å². The van der Waals surface area contributed by atoms with Crippen molar-refractivity contribution in [3.05, 3.63) is 11.2 Å². The minimum Gasteiger partial charge on any atom is -0.481 e. The van der Waals surface area contributed by atoms with Crippen molar-refractivity contribution in [1.29, 1.82) is 0 Å². The van der Waals surface area contributed by atoms with Crippen molar-refractivity contribution >= 4 is 23.5 Å². The number of nitrogens with zero attached hydrogens (tertiary/aromatic N) is 2. The molecule has 1 aromatic heterocycles. The predicted molar refractivity (Wildman–Crippen MR) is 67.9 cm³/mol. The highest BCUT2D eigenvalue weighted by Gasteiger charge is 2.31. The Morgan fingerprint density at radius 3 is 2.67 bits per heavy atom. The number of carbonyl (C=O) groups is 1. The van der Waals surface area contributed by atoms with E-state index in [1.54, 1.807) is 6.92 Å². The summed E-state index contributed by atoms with van der Waals surface area (Å²) in [5.74, 6) is 0.0267. The fourth-order valence-electron chi connectivity index (χ4n) is 1.19. The van der Waals surface area contributed by atoms with E-state index >= 15 is 0 Å². The van der Waals surface area contributed by atoms with E-state index in [1.807, 2.05) is 6.92 Å². The van der Waals surface area contributed by atoms with E-state index in [9.17, 15) is 4.79 Å². The molecule has 100 valence electrons. The minimum absolute atomic E-state index is 0.0843. The maximum absolute atomic E-state index is 12.0. The lowest BCUT2D eigenvalue weighted by Gasteiger charge is -2.24. The molecule has 0 aromatic carbocycles. The zero-order valence-electron chi connectivity index (χ0n) is 10.8. The molecule has 0 aliphatic rings. The molecule has 0 aliphatic heterocycles. The standard InChI is InChI=1S/C11H16ClN3O3/c1-5-11(2,18-4)9(16)15-10-13-7(12)6-8(14-10)17-3/h6H,5H2,1-4H3,(H,13,14,15,16). The van der Waals surface area contributed by atoms with Crippen molar-refractivity contribution in [3.63, 3.8) is 0 Å². The molecule has 0 saturated carbocycles. The summed E-state index contributed by atoms with van der Waals surface area (Å²) in [5.41, 5.74) is -0.932. The monoisotopic (exact) mass is 273 g/mol. The summed E-state index contributed by atoms with van der Waals surface area (Å²) in [6.07, 6.45) is 0.521. The van der Waals surface area contributed by atoms with Crippen molar-refractivity contribution in [2.24, 2.45) is 0 Å². The molecule has 0 radical (unpaired) electrons. The molecule has 1 heterocycles. The van der Waals surface area contributed by atoms with Crippen LogP contribution in [-0.4, -0.2) is 35.7 Å². The summed E-state index contributed by atoms with van der Waals surface area (Å²) in [5, 5.41) is 2.74. The first-order valence-electron chi connectivity index (χ1n) is 5.40. The maximum atomic E-state index is 12.0. The number of halogens is 1. The molecule has 0 bridgehead atoms. The lowest BCUT2D eigenvalue weighted by atomic mass is 10.0. The lowest BCUT2D eigenvalue weighted by molar-refractivity contribution is -0.136. The molecule has 0 fully saturated rings. The highest BCUT2D eigenvalue weighted by molar-refractivity contribution is 6.29. The highest BCUT2D eigenvalue weighted by atomic mass is 35.5. The summed E-state index contributed by atoms with van der Waals surface area (Å²) in [6.45, 7) is 3.53. The van der Waals surface area contributed by atoms with E-state index in [-0.39, 0.29) is 22.9 Å². The van der Waals surface area contributed by atoms with Crippen molar-refractivity contribution in [1.82, 2.24) is 9.97 Å². The topological polar surface area (TPSA) is 73.3 Å². The van der Waals surface area contributed by atoms with E-state index in [1.165, 1.54) is 20.3 Å². The van der Waals surface area contributed by atoms with Crippen LogP contribution in [-0.2, 0) is 9.53 Å². The van der Waals surface area contributed by atoms with Gasteiger partial charge >= 0.3 is 0 Å². The second-order valence-electron chi connectivity index (χ2n) is 3.80. The smallest absolute Gasteiger partial charge is 0.258 e. The van der Waals surface area contributed by atoms with E-state index < -0.39 is 5.60 Å². The van der Waals surface area contributed by atoms with Crippen LogP contribution in [0.5, 0.6) is 5.88 Å². The van der Waals surface area contributed by atoms with E-state index in [4.69, 9.17) is 21.1 Å². The van der Waals surface area contributed by atoms with Gasteiger partial charge in [0.1, 0.15) is 10.8 Å². The normalized spacial score (nSPS) is 13.8. The third kappa shape index (κ3) is 3.30. The summed E-state index contributed by atoms with van der Waals surface area (Å²) in [4.78, 5) is 19.9. The van der Waals surface area contributed by atoms with Crippen LogP contribution in [0.25, 0.3) is 0 Å². The molecule has 7 heteroatoms. The fourth-order valence-corrected chi connectivity index (χ4v) is 1.36. The van der Waals surface area contributed by atoms with Gasteiger partial charge in [-0.2, -0.15) is 4.98 Å². The number of aromatic nitrogens is 2. The highest BCUT2D eigenvalue weighted by Crippen LogP contribution is 2.19. The number of amides is 1. The number of hydrogen-bond donors (Lipinski definition) is 1. The SMILES string of the molecule is CCC(C)(OC)C(=O)Nc1nc(Cl)cc(OC)n1. The molecular formula is C11H16ClN3O3. The van der Waals surface area contributed by atoms with Crippen molar-refractivity contribution in [2.75, 3.05) is 19.5 Å². The van der Waals surface area contributed by atoms with Crippen LogP contribution in [0.2, 0.25) is 5.15 Å². The van der Waals surface area contributed by atoms with Gasteiger partial charge in [-0.25, -0.2) is 4.98 Å². The average molecular weight is 274 g/mol. The van der Waals surface area contributed by atoms with Crippen molar-refractivity contribution < 1.29 is 14.3 Å². The van der Waals surface area contributed by atoms with Crippen molar-refractivity contribution in [2.45, 2.75) is 25.9 Å². The molecule has 0 spiro atoms. The molecule has 18 heavy (non-hydrogen) atoms. The molecule has 6 nitrogen and oxygen atoms in total. The Morgan fingerprint density at radius 2 is 2.17 bits per heavy atom. The molecular weight excluding hydrogens is 258 g/mol. The molecule has 1 N–H and O–H groups in total. The number of hydrogen-bond acceptors (Lipinski definition) is 5. The van der Waals surface area contributed by atoms with Gasteiger partial charge < -0.3 is 9.47 Å². The zero-order valence-corrected chi connectivity index (χ0v) is 11.5. The average Bonchev–Trinajstić information content (AvgIpc) is 2.36. The summed E-state index contributed by atoms with van der Waals surface area (Å²) >= 11 is 5.78. The number of methoxy groups -OCH3 is 2. The Balaban J connectivity index is 2.91. The molecule has 0 saturated heterocycles. The second kappa shape index (κ2) is 5.97. The third-order valence-electron chi connectivity index (χ3n) is 2.71. The molecule has 1 aromatic rings. The van der Waals surface area contributed by atoms with Gasteiger partial charge in [0.2, 0.25) is 11.8 Å². The zero-order chi connectivity index (χ0) is 13.8. The predicted octanol–water partition coefficient (Wildman–Crippen LogP) is 1.89. The first-order valence-corrected chi connectivity index (χ1v) is 5.78. The van der Waals surface area contributed by atoms with Crippen LogP contribution in [0.4, 0.5) is 5.95 Å². The quantitative estimate of drug-likeness (QED) is 0.830. The van der Waals surface area contributed by atoms with E-state index in [0.29, 0.717) is 6.42 Å². The fraction of sp³-hybridized carbons (Fsp3) is 0.545. The number of rotatable bonds is 5. The number of nitrogens with one attached hydrogen (secondary N) is 1. The van der Waals surface area contributed by atoms with Gasteiger partial charge in [-0.3, -0.25) is 10.1 Å². The summed E-state index contributed by atoms with van der Waals surface area (Å²) < 4.78 is 10.1. The van der Waals surface area contributed by atoms with Gasteiger partial charge in [0.05, 0.1) is 7.11 Å². The van der Waals surface area contributed by atoms with E-state index in [0.717, 1.165) is 0 Å². The Labute approximate surface area is 111 Å². The Kier molecular flexibility index (Phi) is 4.86. The molecule has 1 rings (SSSR count). The van der Waals surface area contributed by atoms with Crippen LogP contribution in [0.3, 0.4) is 0 Å². The van der Waals surface area contributed by atoms with Crippen LogP contribution in [0.1, 0.15) is 20.3 Å². The first-order chi connectivity index (χ1) is 8.45. The van der Waals surface area contributed by atoms with Gasteiger partial charge in [-0.15, -0.1) is 0 Å². The first kappa shape index (κ1) is 14.7. The van der Waals surface area contributed by atoms with E-state index in [2.05, 4.69) is 15.3 Å². The van der Waals surface area contributed by atoms with Crippen LogP contribution in [0.15, 0.2) is 6.07 Å². The summed E-state index contributed by atoms with van der Waals surface area (Å²) in [6, 6.07) is 1.45. The minimum atomic E-state index is -0.932. The lowest BCUT2D eigenvalue weighted by Crippen LogP contribution is -2.41. The Bertz CT molecular complexity index is 436. The molecule has 1 unspecified atom stereocenters. The number of carbonyl (C=O) groups excluding carboxylic acids is 1. The van der Waals surface area contributed by atoms with Gasteiger partial charge in [0, 0.05) is 13.2 Å². The Morgan fingerprint density at radius 1 is 1.50 bits per heavy atom. The van der Waals surface area contributed by atoms with Crippen LogP contribution < -0.4 is 10.1 Å². The van der Waals surface area contributed by atoms with Gasteiger partial charge in [0.15, 0.2) is 0 Å². The Hall–Kier alpha value is -1.40. The van der Waals surface area contributed by atoms with Crippen LogP contribution >= 0.6 is 11.6 Å². The summed E-state index contributed by atoms with van der Waals surface area (Å²) in [7, 11) is 2.93. The second-order valence-corrected chi connectivity index (χ2v) is 4.19. The number of anilines is 1. The van der Waals surface area contributed by atoms with Crippen LogP contribution in [0, 0.1) is 0 Å². The third-order valence-corrected chi connectivity index (χ3v) is 2.90. The number of ether oxygens (including phenoxy) is 2. The van der Waals surface area contributed by atoms with Crippen molar-refractivity contribution in [3.8, 4) is 5.88 Å². The molecule has 1 atom stereocenters. The van der Waals surface area contributed by atoms with Gasteiger partial charge in [-0.05, 0) is 13.3 Å². The van der Waals surface area contributed by atoms with Gasteiger partial charge in [-0.1, -0.05) is 18.5 Å². The molecule has 0 aliphatic carbocycles.